The van der Waals surface area contributed by atoms with E-state index < -0.39 is 5.69 Å². The number of carbonyl (C=O) groups excluding carboxylic acids is 1. The summed E-state index contributed by atoms with van der Waals surface area (Å²) >= 11 is 6.33. The molecule has 0 unspecified atom stereocenters. The average molecular weight is 283 g/mol. The van der Waals surface area contributed by atoms with Crippen molar-refractivity contribution in [2.24, 2.45) is 0 Å². The quantitative estimate of drug-likeness (QED) is 0.555. The predicted octanol–water partition coefficient (Wildman–Crippen LogP) is 1.24. The van der Waals surface area contributed by atoms with Gasteiger partial charge in [-0.1, -0.05) is 0 Å². The van der Waals surface area contributed by atoms with Gasteiger partial charge in [-0.05, 0) is 23.2 Å². The summed E-state index contributed by atoms with van der Waals surface area (Å²) in [5.74, 6) is 1.90. The largest absolute Gasteiger partial charge is 0.378 e. The first-order valence-electron chi connectivity index (χ1n) is 4.64. The Kier molecular flexibility index (Phi) is 6.00. The van der Waals surface area contributed by atoms with Gasteiger partial charge in [-0.15, -0.1) is 0 Å². The van der Waals surface area contributed by atoms with Crippen LogP contribution in [0.3, 0.4) is 0 Å². The molecule has 0 aromatic carbocycles. The molecule has 0 atom stereocenters. The monoisotopic (exact) mass is 283 g/mol. The van der Waals surface area contributed by atoms with Gasteiger partial charge in [0, 0.05) is 27.3 Å². The minimum atomic E-state index is -2.45. The smallest absolute Gasteiger partial charge is 0.253 e. The molecular weight excluding hydrogens is 269 g/mol. The third-order valence-electron chi connectivity index (χ3n) is 2.03. The van der Waals surface area contributed by atoms with Crippen LogP contribution in [0.4, 0.5) is 0 Å². The van der Waals surface area contributed by atoms with Gasteiger partial charge in [-0.2, -0.15) is 0 Å². The lowest BCUT2D eigenvalue weighted by Crippen LogP contribution is -2.34. The summed E-state index contributed by atoms with van der Waals surface area (Å²) in [7, 11) is 2.97. The lowest BCUT2D eigenvalue weighted by Gasteiger charge is -2.29. The second kappa shape index (κ2) is 6.77. The van der Waals surface area contributed by atoms with Crippen molar-refractivity contribution in [2.75, 3.05) is 40.5 Å². The number of ether oxygens (including phenoxy) is 1. The Labute approximate surface area is 104 Å². The first-order valence-corrected chi connectivity index (χ1v) is 8.70. The number of hydrogen-bond acceptors (Lipinski definition) is 7. The fourth-order valence-electron chi connectivity index (χ4n) is 1.16. The zero-order valence-electron chi connectivity index (χ0n) is 9.17. The number of hydrogen-bond donors (Lipinski definition) is 0. The molecule has 5 nitrogen and oxygen atoms in total. The number of nitrogens with zero attached hydrogens (tertiary/aromatic N) is 1. The van der Waals surface area contributed by atoms with Crippen LogP contribution < -0.4 is 0 Å². The van der Waals surface area contributed by atoms with E-state index in [0.29, 0.717) is 31.3 Å². The second-order valence-electron chi connectivity index (χ2n) is 2.91. The van der Waals surface area contributed by atoms with Gasteiger partial charge in [0.15, 0.2) is 11.0 Å². The molecule has 1 fully saturated rings. The number of morpholine rings is 1. The van der Waals surface area contributed by atoms with Crippen molar-refractivity contribution in [3.05, 3.63) is 5.03 Å². The maximum absolute atomic E-state index is 10.9. The van der Waals surface area contributed by atoms with Crippen LogP contribution in [0, 0.1) is 0 Å². The van der Waals surface area contributed by atoms with Crippen LogP contribution in [0.1, 0.15) is 0 Å². The van der Waals surface area contributed by atoms with Crippen molar-refractivity contribution < 1.29 is 18.6 Å². The van der Waals surface area contributed by atoms with Crippen molar-refractivity contribution in [2.45, 2.75) is 0 Å². The molecule has 16 heavy (non-hydrogen) atoms. The Bertz CT molecular complexity index is 318. The molecule has 0 amide bonds. The van der Waals surface area contributed by atoms with Crippen molar-refractivity contribution >= 4 is 34.8 Å². The van der Waals surface area contributed by atoms with Crippen molar-refractivity contribution in [3.63, 3.8) is 0 Å². The Balaban J connectivity index is 2.68. The SMILES string of the molecule is COP(=S)(OC)SC(=C=O)N1CCOCC1. The van der Waals surface area contributed by atoms with E-state index in [1.165, 1.54) is 14.2 Å². The molecule has 0 spiro atoms. The van der Waals surface area contributed by atoms with Crippen LogP contribution in [-0.4, -0.2) is 51.4 Å². The summed E-state index contributed by atoms with van der Waals surface area (Å²) in [6.07, 6.45) is 0. The number of rotatable bonds is 5. The molecule has 92 valence electrons. The van der Waals surface area contributed by atoms with Gasteiger partial charge in [-0.3, -0.25) is 0 Å². The Morgan fingerprint density at radius 2 is 2.00 bits per heavy atom. The minimum absolute atomic E-state index is 0.440. The third kappa shape index (κ3) is 3.86. The summed E-state index contributed by atoms with van der Waals surface area (Å²) in [6, 6.07) is 0. The fourth-order valence-corrected chi connectivity index (χ4v) is 4.18. The van der Waals surface area contributed by atoms with E-state index in [0.717, 1.165) is 11.4 Å². The van der Waals surface area contributed by atoms with Crippen molar-refractivity contribution in [1.29, 1.82) is 0 Å². The molecule has 1 heterocycles. The highest BCUT2D eigenvalue weighted by Crippen LogP contribution is 2.62. The van der Waals surface area contributed by atoms with E-state index in [9.17, 15) is 4.79 Å². The Hall–Kier alpha value is 0.130. The average Bonchev–Trinajstić information content (AvgIpc) is 2.36. The Morgan fingerprint density at radius 1 is 1.44 bits per heavy atom. The second-order valence-corrected chi connectivity index (χ2v) is 9.23. The van der Waals surface area contributed by atoms with E-state index in [2.05, 4.69) is 0 Å². The molecular formula is C8H14NO4PS2. The molecule has 0 radical (unpaired) electrons. The predicted molar refractivity (Wildman–Crippen MR) is 67.5 cm³/mol. The van der Waals surface area contributed by atoms with Gasteiger partial charge in [0.05, 0.1) is 13.2 Å². The Morgan fingerprint density at radius 3 is 2.44 bits per heavy atom. The molecule has 0 N–H and O–H groups in total. The fraction of sp³-hybridized carbons (Fsp3) is 0.750. The van der Waals surface area contributed by atoms with Crippen molar-refractivity contribution in [3.8, 4) is 0 Å². The van der Waals surface area contributed by atoms with E-state index in [1.807, 2.05) is 10.8 Å². The molecule has 0 aromatic rings. The van der Waals surface area contributed by atoms with Gasteiger partial charge >= 0.3 is 0 Å². The summed E-state index contributed by atoms with van der Waals surface area (Å²) in [5, 5.41) is 0.440. The van der Waals surface area contributed by atoms with Gasteiger partial charge < -0.3 is 18.7 Å². The molecule has 0 aromatic heterocycles. The van der Waals surface area contributed by atoms with Gasteiger partial charge in [-0.25, -0.2) is 4.79 Å². The van der Waals surface area contributed by atoms with Gasteiger partial charge in [0.2, 0.25) is 0 Å². The van der Waals surface area contributed by atoms with E-state index in [4.69, 9.17) is 25.6 Å². The normalized spacial score (nSPS) is 17.0. The van der Waals surface area contributed by atoms with Crippen molar-refractivity contribution in [1.82, 2.24) is 4.90 Å². The molecule has 1 saturated heterocycles. The lowest BCUT2D eigenvalue weighted by atomic mass is 10.4. The van der Waals surface area contributed by atoms with E-state index >= 15 is 0 Å². The van der Waals surface area contributed by atoms with Gasteiger partial charge in [0.1, 0.15) is 0 Å². The summed E-state index contributed by atoms with van der Waals surface area (Å²) < 4.78 is 15.4. The van der Waals surface area contributed by atoms with Crippen LogP contribution >= 0.6 is 17.1 Å². The third-order valence-corrected chi connectivity index (χ3v) is 7.31. The molecule has 0 bridgehead atoms. The zero-order valence-corrected chi connectivity index (χ0v) is 11.7. The molecule has 0 aliphatic carbocycles. The van der Waals surface area contributed by atoms with Crippen LogP contribution in [-0.2, 0) is 30.4 Å². The van der Waals surface area contributed by atoms with Crippen LogP contribution in [0.5, 0.6) is 0 Å². The first kappa shape index (κ1) is 14.2. The maximum atomic E-state index is 10.9. The highest BCUT2D eigenvalue weighted by Gasteiger charge is 2.24. The van der Waals surface area contributed by atoms with E-state index in [1.54, 1.807) is 0 Å². The molecule has 1 rings (SSSR count). The topological polar surface area (TPSA) is 48.0 Å². The highest BCUT2D eigenvalue weighted by molar-refractivity contribution is 8.69. The lowest BCUT2D eigenvalue weighted by molar-refractivity contribution is 0.0582. The molecule has 1 aliphatic heterocycles. The minimum Gasteiger partial charge on any atom is -0.378 e. The highest BCUT2D eigenvalue weighted by atomic mass is 32.9. The standard InChI is InChI=1S/C8H14NO4PS2/c1-11-14(15,12-2)16-8(7-10)9-3-5-13-6-4-9/h3-6H2,1-2H3. The van der Waals surface area contributed by atoms with Crippen LogP contribution in [0.15, 0.2) is 5.03 Å². The molecule has 8 heteroatoms. The van der Waals surface area contributed by atoms with Crippen LogP contribution in [0.25, 0.3) is 0 Å². The maximum Gasteiger partial charge on any atom is 0.253 e. The van der Waals surface area contributed by atoms with Crippen LogP contribution in [0.2, 0.25) is 0 Å². The first-order chi connectivity index (χ1) is 7.65. The summed E-state index contributed by atoms with van der Waals surface area (Å²) in [5.41, 5.74) is -2.45. The zero-order chi connectivity index (χ0) is 12.0. The molecule has 1 aliphatic rings. The summed E-state index contributed by atoms with van der Waals surface area (Å²) in [6.45, 7) is 2.55. The molecule has 0 saturated carbocycles. The van der Waals surface area contributed by atoms with Gasteiger partial charge in [0.25, 0.3) is 5.69 Å². The van der Waals surface area contributed by atoms with E-state index in [-0.39, 0.29) is 0 Å². The summed E-state index contributed by atoms with van der Waals surface area (Å²) in [4.78, 5) is 12.8.